The molecule has 0 saturated heterocycles. The van der Waals surface area contributed by atoms with Crippen molar-refractivity contribution in [3.8, 4) is 0 Å². The molecule has 0 aromatic rings. The van der Waals surface area contributed by atoms with Gasteiger partial charge in [0.1, 0.15) is 0 Å². The van der Waals surface area contributed by atoms with Crippen LogP contribution < -0.4 is 0 Å². The van der Waals surface area contributed by atoms with Gasteiger partial charge in [-0.1, -0.05) is 38.0 Å². The summed E-state index contributed by atoms with van der Waals surface area (Å²) in [7, 11) is 0. The van der Waals surface area contributed by atoms with Crippen LogP contribution in [0.3, 0.4) is 0 Å². The molecule has 76 valence electrons. The van der Waals surface area contributed by atoms with Crippen molar-refractivity contribution in [2.24, 2.45) is 0 Å². The fraction of sp³-hybridized carbons (Fsp3) is 0.667. The van der Waals surface area contributed by atoms with Crippen molar-refractivity contribution < 1.29 is 0 Å². The molecule has 0 aliphatic heterocycles. The summed E-state index contributed by atoms with van der Waals surface area (Å²) in [5, 5.41) is 0. The second-order valence-electron chi connectivity index (χ2n) is 3.31. The minimum Gasteiger partial charge on any atom is -0.175 e. The quantitative estimate of drug-likeness (QED) is 0.475. The van der Waals surface area contributed by atoms with E-state index in [4.69, 9.17) is 0 Å². The maximum atomic E-state index is 4.21. The highest BCUT2D eigenvalue weighted by Crippen LogP contribution is 2.17. The van der Waals surface area contributed by atoms with Gasteiger partial charge in [0.05, 0.1) is 0 Å². The lowest BCUT2D eigenvalue weighted by atomic mass is 10.0. The summed E-state index contributed by atoms with van der Waals surface area (Å²) in [5.41, 5.74) is 2.92. The molecule has 0 aliphatic carbocycles. The van der Waals surface area contributed by atoms with Gasteiger partial charge in [-0.15, -0.1) is 0 Å². The first-order valence-corrected chi connectivity index (χ1v) is 5.86. The van der Waals surface area contributed by atoms with Gasteiger partial charge >= 0.3 is 0 Å². The number of hydrogen-bond donors (Lipinski definition) is 1. The maximum Gasteiger partial charge on any atom is 0.00883 e. The molecular formula is C12H22S. The predicted octanol–water partition coefficient (Wildman–Crippen LogP) is 4.39. The summed E-state index contributed by atoms with van der Waals surface area (Å²) in [6, 6.07) is 0. The molecular weight excluding hydrogens is 176 g/mol. The molecule has 0 N–H and O–H groups in total. The molecule has 13 heavy (non-hydrogen) atoms. The summed E-state index contributed by atoms with van der Waals surface area (Å²) in [6.45, 7) is 6.62. The van der Waals surface area contributed by atoms with E-state index in [1.807, 2.05) is 0 Å². The molecule has 0 rings (SSSR count). The maximum absolute atomic E-state index is 4.21. The van der Waals surface area contributed by atoms with Gasteiger partial charge in [0.15, 0.2) is 0 Å². The lowest BCUT2D eigenvalue weighted by molar-refractivity contribution is 0.788. The highest BCUT2D eigenvalue weighted by molar-refractivity contribution is 7.80. The van der Waals surface area contributed by atoms with Crippen LogP contribution in [0.25, 0.3) is 0 Å². The van der Waals surface area contributed by atoms with Crippen LogP contribution in [0.4, 0.5) is 0 Å². The first kappa shape index (κ1) is 12.8. The SMILES string of the molecule is CC/C=C(CCCC)\C(C)=C/CS. The fourth-order valence-electron chi connectivity index (χ4n) is 1.34. The predicted molar refractivity (Wildman–Crippen MR) is 65.5 cm³/mol. The highest BCUT2D eigenvalue weighted by Gasteiger charge is 1.97. The molecule has 0 amide bonds. The van der Waals surface area contributed by atoms with Gasteiger partial charge in [-0.2, -0.15) is 12.6 Å². The molecule has 0 saturated carbocycles. The smallest absolute Gasteiger partial charge is 0.00883 e. The zero-order valence-electron chi connectivity index (χ0n) is 9.14. The van der Waals surface area contributed by atoms with E-state index in [-0.39, 0.29) is 0 Å². The van der Waals surface area contributed by atoms with Gasteiger partial charge in [-0.25, -0.2) is 0 Å². The molecule has 1 heteroatoms. The van der Waals surface area contributed by atoms with Gasteiger partial charge in [0.2, 0.25) is 0 Å². The van der Waals surface area contributed by atoms with Crippen LogP contribution in [0.1, 0.15) is 46.5 Å². The second kappa shape index (κ2) is 8.43. The molecule has 0 bridgehead atoms. The normalized spacial score (nSPS) is 13.5. The average Bonchev–Trinajstić information content (AvgIpc) is 2.12. The molecule has 0 radical (unpaired) electrons. The van der Waals surface area contributed by atoms with Crippen molar-refractivity contribution in [3.63, 3.8) is 0 Å². The first-order chi connectivity index (χ1) is 6.26. The molecule has 0 aromatic heterocycles. The number of rotatable bonds is 6. The van der Waals surface area contributed by atoms with Crippen molar-refractivity contribution in [3.05, 3.63) is 23.3 Å². The Kier molecular flexibility index (Phi) is 8.32. The van der Waals surface area contributed by atoms with Crippen LogP contribution in [-0.4, -0.2) is 5.75 Å². The molecule has 0 aromatic carbocycles. The summed E-state index contributed by atoms with van der Waals surface area (Å²) in [5.74, 6) is 0.846. The third-order valence-corrected chi connectivity index (χ3v) is 2.34. The van der Waals surface area contributed by atoms with Gasteiger partial charge in [-0.3, -0.25) is 0 Å². The zero-order valence-corrected chi connectivity index (χ0v) is 10.0. The molecule has 0 nitrogen and oxygen atoms in total. The fourth-order valence-corrected chi connectivity index (χ4v) is 1.62. The number of hydrogen-bond acceptors (Lipinski definition) is 1. The van der Waals surface area contributed by atoms with Crippen molar-refractivity contribution in [1.82, 2.24) is 0 Å². The summed E-state index contributed by atoms with van der Waals surface area (Å²) in [4.78, 5) is 0. The largest absolute Gasteiger partial charge is 0.175 e. The molecule has 0 unspecified atom stereocenters. The monoisotopic (exact) mass is 198 g/mol. The van der Waals surface area contributed by atoms with Crippen molar-refractivity contribution in [2.75, 3.05) is 5.75 Å². The number of unbranched alkanes of at least 4 members (excludes halogenated alkanes) is 1. The first-order valence-electron chi connectivity index (χ1n) is 5.23. The van der Waals surface area contributed by atoms with Crippen LogP contribution in [0, 0.1) is 0 Å². The van der Waals surface area contributed by atoms with E-state index in [0.29, 0.717) is 0 Å². The van der Waals surface area contributed by atoms with E-state index in [2.05, 4.69) is 45.6 Å². The molecule has 0 fully saturated rings. The minimum absolute atomic E-state index is 0.846. The van der Waals surface area contributed by atoms with E-state index in [1.54, 1.807) is 0 Å². The van der Waals surface area contributed by atoms with Gasteiger partial charge in [0, 0.05) is 5.75 Å². The van der Waals surface area contributed by atoms with Gasteiger partial charge in [-0.05, 0) is 31.8 Å². The Morgan fingerprint density at radius 3 is 2.38 bits per heavy atom. The Morgan fingerprint density at radius 2 is 1.92 bits per heavy atom. The van der Waals surface area contributed by atoms with Gasteiger partial charge in [0.25, 0.3) is 0 Å². The zero-order chi connectivity index (χ0) is 10.1. The van der Waals surface area contributed by atoms with Crippen LogP contribution in [-0.2, 0) is 0 Å². The summed E-state index contributed by atoms with van der Waals surface area (Å²) < 4.78 is 0. The highest BCUT2D eigenvalue weighted by atomic mass is 32.1. The lowest BCUT2D eigenvalue weighted by Crippen LogP contribution is -1.87. The van der Waals surface area contributed by atoms with E-state index < -0.39 is 0 Å². The Bertz CT molecular complexity index is 178. The Labute approximate surface area is 88.5 Å². The van der Waals surface area contributed by atoms with E-state index in [0.717, 1.165) is 12.2 Å². The second-order valence-corrected chi connectivity index (χ2v) is 3.68. The Morgan fingerprint density at radius 1 is 1.23 bits per heavy atom. The summed E-state index contributed by atoms with van der Waals surface area (Å²) >= 11 is 4.21. The Hall–Kier alpha value is -0.170. The van der Waals surface area contributed by atoms with Crippen LogP contribution in [0.5, 0.6) is 0 Å². The topological polar surface area (TPSA) is 0 Å². The molecule has 0 heterocycles. The third kappa shape index (κ3) is 5.98. The van der Waals surface area contributed by atoms with E-state index in [1.165, 1.54) is 30.4 Å². The van der Waals surface area contributed by atoms with Crippen LogP contribution >= 0.6 is 12.6 Å². The van der Waals surface area contributed by atoms with Crippen LogP contribution in [0.2, 0.25) is 0 Å². The standard InChI is InChI=1S/C12H22S/c1-4-6-8-12(7-5-2)11(3)9-10-13/h7,9,13H,4-6,8,10H2,1-3H3/b11-9-,12-7-. The molecule has 0 atom stereocenters. The molecule has 0 spiro atoms. The number of allylic oxidation sites excluding steroid dienone is 3. The third-order valence-electron chi connectivity index (χ3n) is 2.15. The van der Waals surface area contributed by atoms with Crippen molar-refractivity contribution in [1.29, 1.82) is 0 Å². The lowest BCUT2D eigenvalue weighted by Gasteiger charge is -2.06. The van der Waals surface area contributed by atoms with E-state index >= 15 is 0 Å². The van der Waals surface area contributed by atoms with Gasteiger partial charge < -0.3 is 0 Å². The van der Waals surface area contributed by atoms with Crippen LogP contribution in [0.15, 0.2) is 23.3 Å². The van der Waals surface area contributed by atoms with E-state index in [9.17, 15) is 0 Å². The van der Waals surface area contributed by atoms with Crippen molar-refractivity contribution >= 4 is 12.6 Å². The average molecular weight is 198 g/mol. The number of thiol groups is 1. The minimum atomic E-state index is 0.846. The summed E-state index contributed by atoms with van der Waals surface area (Å²) in [6.07, 6.45) is 9.46. The molecule has 0 aliphatic rings. The Balaban J connectivity index is 4.24. The van der Waals surface area contributed by atoms with Crippen molar-refractivity contribution in [2.45, 2.75) is 46.5 Å².